The topological polar surface area (TPSA) is 85.2 Å². The van der Waals surface area contributed by atoms with Gasteiger partial charge < -0.3 is 15.4 Å². The molecule has 134 valence electrons. The molecule has 0 aliphatic rings. The number of carbonyl (C=O) groups excluding carboxylic acids is 2. The number of aromatic nitrogens is 2. The molecule has 0 saturated carbocycles. The minimum Gasteiger partial charge on any atom is -0.483 e. The van der Waals surface area contributed by atoms with Crippen molar-refractivity contribution in [3.05, 3.63) is 40.7 Å². The Balaban J connectivity index is 1.82. The van der Waals surface area contributed by atoms with Gasteiger partial charge >= 0.3 is 0 Å². The molecule has 0 atom stereocenters. The molecule has 1 aromatic heterocycles. The minimum atomic E-state index is -0.350. The highest BCUT2D eigenvalue weighted by Crippen LogP contribution is 2.22. The first-order valence-electron chi connectivity index (χ1n) is 8.05. The Morgan fingerprint density at radius 3 is 2.32 bits per heavy atom. The molecule has 0 fully saturated rings. The smallest absolute Gasteiger partial charge is 0.258 e. The molecule has 1 heterocycles. The van der Waals surface area contributed by atoms with E-state index >= 15 is 0 Å². The summed E-state index contributed by atoms with van der Waals surface area (Å²) >= 11 is 0. The van der Waals surface area contributed by atoms with Crippen LogP contribution in [0.25, 0.3) is 0 Å². The van der Waals surface area contributed by atoms with Crippen LogP contribution in [0.1, 0.15) is 22.5 Å². The van der Waals surface area contributed by atoms with Crippen molar-refractivity contribution in [3.8, 4) is 5.75 Å². The molecule has 25 heavy (non-hydrogen) atoms. The highest BCUT2D eigenvalue weighted by atomic mass is 16.5. The Kier molecular flexibility index (Phi) is 5.80. The fourth-order valence-corrected chi connectivity index (χ4v) is 2.53. The zero-order valence-corrected chi connectivity index (χ0v) is 15.3. The Bertz CT molecular complexity index is 776. The first kappa shape index (κ1) is 18.5. The molecule has 0 aliphatic carbocycles. The summed E-state index contributed by atoms with van der Waals surface area (Å²) in [5.74, 6) is 0.0424. The number of para-hydroxylation sites is 1. The van der Waals surface area contributed by atoms with E-state index in [4.69, 9.17) is 4.74 Å². The molecule has 0 aliphatic heterocycles. The summed E-state index contributed by atoms with van der Waals surface area (Å²) in [4.78, 5) is 23.9. The Hall–Kier alpha value is -2.83. The van der Waals surface area contributed by atoms with Gasteiger partial charge in [0.25, 0.3) is 5.91 Å². The van der Waals surface area contributed by atoms with Gasteiger partial charge in [0.1, 0.15) is 5.75 Å². The normalized spacial score (nSPS) is 10.4. The fraction of sp³-hybridized carbons (Fsp3) is 0.389. The zero-order chi connectivity index (χ0) is 18.6. The molecule has 7 nitrogen and oxygen atoms in total. The van der Waals surface area contributed by atoms with Crippen LogP contribution in [0, 0.1) is 27.7 Å². The van der Waals surface area contributed by atoms with Gasteiger partial charge in [-0.3, -0.25) is 14.3 Å². The van der Waals surface area contributed by atoms with E-state index < -0.39 is 0 Å². The minimum absolute atomic E-state index is 0.122. The second-order valence-corrected chi connectivity index (χ2v) is 6.00. The highest BCUT2D eigenvalue weighted by molar-refractivity contribution is 5.95. The van der Waals surface area contributed by atoms with Crippen LogP contribution in [0.2, 0.25) is 0 Å². The average molecular weight is 344 g/mol. The molecule has 2 aromatic rings. The molecular weight excluding hydrogens is 320 g/mol. The summed E-state index contributed by atoms with van der Waals surface area (Å²) in [7, 11) is 1.81. The van der Waals surface area contributed by atoms with E-state index in [9.17, 15) is 9.59 Å². The number of aryl methyl sites for hydroxylation is 4. The molecule has 2 rings (SSSR count). The number of amides is 2. The van der Waals surface area contributed by atoms with Gasteiger partial charge in [-0.15, -0.1) is 0 Å². The van der Waals surface area contributed by atoms with Gasteiger partial charge in [0.2, 0.25) is 5.91 Å². The summed E-state index contributed by atoms with van der Waals surface area (Å²) in [6.45, 7) is 7.28. The molecule has 0 saturated heterocycles. The van der Waals surface area contributed by atoms with Crippen molar-refractivity contribution < 1.29 is 14.3 Å². The summed E-state index contributed by atoms with van der Waals surface area (Å²) in [5.41, 5.74) is 4.20. The average Bonchev–Trinajstić information content (AvgIpc) is 2.79. The third-order valence-corrected chi connectivity index (χ3v) is 3.98. The van der Waals surface area contributed by atoms with Gasteiger partial charge in [-0.05, 0) is 38.8 Å². The van der Waals surface area contributed by atoms with Gasteiger partial charge in [0.05, 0.1) is 23.6 Å². The van der Waals surface area contributed by atoms with Gasteiger partial charge in [0.15, 0.2) is 6.61 Å². The van der Waals surface area contributed by atoms with Crippen LogP contribution in [0.5, 0.6) is 5.75 Å². The molecule has 2 amide bonds. The lowest BCUT2D eigenvalue weighted by atomic mass is 10.1. The van der Waals surface area contributed by atoms with E-state index in [1.165, 1.54) is 0 Å². The number of anilines is 1. The molecule has 0 spiro atoms. The number of hydrogen-bond acceptors (Lipinski definition) is 4. The van der Waals surface area contributed by atoms with Crippen LogP contribution < -0.4 is 15.4 Å². The second-order valence-electron chi connectivity index (χ2n) is 6.00. The van der Waals surface area contributed by atoms with Crippen molar-refractivity contribution in [3.63, 3.8) is 0 Å². The maximum absolute atomic E-state index is 12.0. The van der Waals surface area contributed by atoms with Crippen molar-refractivity contribution in [1.29, 1.82) is 0 Å². The first-order valence-corrected chi connectivity index (χ1v) is 8.05. The monoisotopic (exact) mass is 344 g/mol. The van der Waals surface area contributed by atoms with Crippen molar-refractivity contribution in [1.82, 2.24) is 15.1 Å². The van der Waals surface area contributed by atoms with Crippen molar-refractivity contribution in [2.24, 2.45) is 7.05 Å². The predicted molar refractivity (Wildman–Crippen MR) is 95.7 cm³/mol. The summed E-state index contributed by atoms with van der Waals surface area (Å²) in [6, 6.07) is 5.78. The molecule has 0 unspecified atom stereocenters. The van der Waals surface area contributed by atoms with Crippen molar-refractivity contribution in [2.75, 3.05) is 18.5 Å². The van der Waals surface area contributed by atoms with Gasteiger partial charge in [-0.25, -0.2) is 0 Å². The second kappa shape index (κ2) is 7.83. The lowest BCUT2D eigenvalue weighted by molar-refractivity contribution is -0.125. The van der Waals surface area contributed by atoms with Crippen LogP contribution in [0.15, 0.2) is 18.2 Å². The zero-order valence-electron chi connectivity index (χ0n) is 15.3. The van der Waals surface area contributed by atoms with Crippen LogP contribution in [-0.2, 0) is 16.6 Å². The van der Waals surface area contributed by atoms with Gasteiger partial charge in [0, 0.05) is 7.05 Å². The third kappa shape index (κ3) is 4.59. The van der Waals surface area contributed by atoms with E-state index in [0.29, 0.717) is 11.4 Å². The Morgan fingerprint density at radius 1 is 1.12 bits per heavy atom. The lowest BCUT2D eigenvalue weighted by Gasteiger charge is -2.12. The number of ether oxygens (including phenoxy) is 1. The summed E-state index contributed by atoms with van der Waals surface area (Å²) < 4.78 is 7.26. The Morgan fingerprint density at radius 2 is 1.76 bits per heavy atom. The number of nitrogens with one attached hydrogen (secondary N) is 2. The van der Waals surface area contributed by atoms with Crippen LogP contribution in [0.4, 0.5) is 5.69 Å². The van der Waals surface area contributed by atoms with Crippen LogP contribution in [-0.4, -0.2) is 34.7 Å². The molecule has 2 N–H and O–H groups in total. The SMILES string of the molecule is Cc1cccc(C)c1OCC(=O)NCC(=O)Nc1c(C)nn(C)c1C. The first-order chi connectivity index (χ1) is 11.8. The fourth-order valence-electron chi connectivity index (χ4n) is 2.53. The quantitative estimate of drug-likeness (QED) is 0.837. The van der Waals surface area contributed by atoms with Crippen molar-refractivity contribution >= 4 is 17.5 Å². The van der Waals surface area contributed by atoms with Crippen LogP contribution >= 0.6 is 0 Å². The summed E-state index contributed by atoms with van der Waals surface area (Å²) in [5, 5.41) is 9.56. The number of rotatable bonds is 6. The standard InChI is InChI=1S/C18H24N4O3/c1-11-7-6-8-12(2)18(11)25-10-16(24)19-9-15(23)20-17-13(3)21-22(5)14(17)4/h6-8H,9-10H2,1-5H3,(H,19,24)(H,20,23). The molecule has 0 radical (unpaired) electrons. The van der Waals surface area contributed by atoms with E-state index in [-0.39, 0.29) is 25.0 Å². The van der Waals surface area contributed by atoms with Crippen LogP contribution in [0.3, 0.4) is 0 Å². The number of hydrogen-bond donors (Lipinski definition) is 2. The van der Waals surface area contributed by atoms with E-state index in [1.54, 1.807) is 4.68 Å². The van der Waals surface area contributed by atoms with E-state index in [1.807, 2.05) is 52.9 Å². The predicted octanol–water partition coefficient (Wildman–Crippen LogP) is 1.79. The molecular formula is C18H24N4O3. The third-order valence-electron chi connectivity index (χ3n) is 3.98. The van der Waals surface area contributed by atoms with E-state index in [0.717, 1.165) is 22.5 Å². The maximum atomic E-state index is 12.0. The molecule has 7 heteroatoms. The van der Waals surface area contributed by atoms with Gasteiger partial charge in [-0.2, -0.15) is 5.10 Å². The van der Waals surface area contributed by atoms with Crippen molar-refractivity contribution in [2.45, 2.75) is 27.7 Å². The Labute approximate surface area is 147 Å². The van der Waals surface area contributed by atoms with Gasteiger partial charge in [-0.1, -0.05) is 18.2 Å². The lowest BCUT2D eigenvalue weighted by Crippen LogP contribution is -2.36. The number of carbonyl (C=O) groups is 2. The maximum Gasteiger partial charge on any atom is 0.258 e. The molecule has 1 aromatic carbocycles. The van der Waals surface area contributed by atoms with E-state index in [2.05, 4.69) is 15.7 Å². The largest absolute Gasteiger partial charge is 0.483 e. The molecule has 0 bridgehead atoms. The number of benzene rings is 1. The number of nitrogens with zero attached hydrogens (tertiary/aromatic N) is 2. The highest BCUT2D eigenvalue weighted by Gasteiger charge is 2.13. The summed E-state index contributed by atoms with van der Waals surface area (Å²) in [6.07, 6.45) is 0.